The van der Waals surface area contributed by atoms with Gasteiger partial charge in [0.05, 0.1) is 5.69 Å². The fourth-order valence-electron chi connectivity index (χ4n) is 0.634. The molecule has 5 heteroatoms. The van der Waals surface area contributed by atoms with Gasteiger partial charge in [-0.05, 0) is 6.92 Å². The predicted molar refractivity (Wildman–Crippen MR) is 33.8 cm³/mol. The molecule has 0 aliphatic heterocycles. The Labute approximate surface area is 62.2 Å². The molecular weight excluding hydrogens is 150 g/mol. The Bertz CT molecular complexity index is 267. The van der Waals surface area contributed by atoms with E-state index in [0.717, 1.165) is 0 Å². The van der Waals surface area contributed by atoms with Crippen LogP contribution in [-0.4, -0.2) is 21.3 Å². The molecule has 1 unspecified atom stereocenters. The van der Waals surface area contributed by atoms with Crippen LogP contribution in [0.4, 0.5) is 0 Å². The van der Waals surface area contributed by atoms with Gasteiger partial charge in [0.1, 0.15) is 0 Å². The number of aliphatic hydroxyl groups excluding tert-OH is 1. The van der Waals surface area contributed by atoms with Crippen LogP contribution in [0.25, 0.3) is 0 Å². The van der Waals surface area contributed by atoms with Crippen LogP contribution in [0.3, 0.4) is 0 Å². The van der Waals surface area contributed by atoms with Gasteiger partial charge in [0.25, 0.3) is 0 Å². The van der Waals surface area contributed by atoms with Crippen molar-refractivity contribution in [3.05, 3.63) is 17.5 Å². The van der Waals surface area contributed by atoms with Crippen molar-refractivity contribution < 1.29 is 19.5 Å². The van der Waals surface area contributed by atoms with Gasteiger partial charge in [0.15, 0.2) is 5.76 Å². The van der Waals surface area contributed by atoms with Crippen molar-refractivity contribution in [1.82, 2.24) is 5.16 Å². The van der Waals surface area contributed by atoms with Crippen LogP contribution in [0, 0.1) is 6.92 Å². The van der Waals surface area contributed by atoms with Gasteiger partial charge in [-0.25, -0.2) is 4.79 Å². The summed E-state index contributed by atoms with van der Waals surface area (Å²) in [4.78, 5) is 10.2. The number of aliphatic hydroxyl groups is 1. The molecule has 1 atom stereocenters. The number of aromatic nitrogens is 1. The molecule has 1 rings (SSSR count). The van der Waals surface area contributed by atoms with Crippen molar-refractivity contribution in [2.75, 3.05) is 0 Å². The highest BCUT2D eigenvalue weighted by molar-refractivity contribution is 5.73. The SMILES string of the molecule is Cc1cc(C(O)C(=O)O)on1. The topological polar surface area (TPSA) is 83.6 Å². The van der Waals surface area contributed by atoms with Gasteiger partial charge in [0, 0.05) is 6.07 Å². The predicted octanol–water partition coefficient (Wildman–Crippen LogP) is 0.101. The summed E-state index contributed by atoms with van der Waals surface area (Å²) in [5, 5.41) is 20.6. The van der Waals surface area contributed by atoms with E-state index >= 15 is 0 Å². The van der Waals surface area contributed by atoms with Crippen molar-refractivity contribution in [3.8, 4) is 0 Å². The lowest BCUT2D eigenvalue weighted by Gasteiger charge is -1.96. The van der Waals surface area contributed by atoms with E-state index in [1.165, 1.54) is 6.07 Å². The average molecular weight is 157 g/mol. The summed E-state index contributed by atoms with van der Waals surface area (Å²) in [6, 6.07) is 1.37. The number of carboxylic acids is 1. The Morgan fingerprint density at radius 1 is 1.82 bits per heavy atom. The first-order chi connectivity index (χ1) is 5.11. The summed E-state index contributed by atoms with van der Waals surface area (Å²) in [5.74, 6) is -1.39. The molecule has 0 fully saturated rings. The zero-order valence-electron chi connectivity index (χ0n) is 5.81. The lowest BCUT2D eigenvalue weighted by atomic mass is 10.2. The standard InChI is InChI=1S/C6H7NO4/c1-3-2-4(11-7-3)5(8)6(9)10/h2,5,8H,1H3,(H,9,10). The van der Waals surface area contributed by atoms with Crippen LogP contribution in [-0.2, 0) is 4.79 Å². The molecule has 0 saturated carbocycles. The first kappa shape index (κ1) is 7.74. The van der Waals surface area contributed by atoms with Crippen LogP contribution in [0.2, 0.25) is 0 Å². The van der Waals surface area contributed by atoms with Crippen molar-refractivity contribution >= 4 is 5.97 Å². The second-order valence-electron chi connectivity index (χ2n) is 2.11. The van der Waals surface area contributed by atoms with Gasteiger partial charge in [-0.3, -0.25) is 0 Å². The van der Waals surface area contributed by atoms with Gasteiger partial charge < -0.3 is 14.7 Å². The molecule has 11 heavy (non-hydrogen) atoms. The quantitative estimate of drug-likeness (QED) is 0.636. The maximum Gasteiger partial charge on any atom is 0.340 e. The minimum atomic E-state index is -1.61. The molecule has 1 aromatic heterocycles. The van der Waals surface area contributed by atoms with Gasteiger partial charge in [-0.2, -0.15) is 0 Å². The van der Waals surface area contributed by atoms with Crippen molar-refractivity contribution in [2.24, 2.45) is 0 Å². The average Bonchev–Trinajstić information content (AvgIpc) is 2.34. The Morgan fingerprint density at radius 3 is 2.82 bits per heavy atom. The van der Waals surface area contributed by atoms with E-state index < -0.39 is 12.1 Å². The third-order valence-electron chi connectivity index (χ3n) is 1.15. The number of carbonyl (C=O) groups is 1. The van der Waals surface area contributed by atoms with Crippen LogP contribution in [0.5, 0.6) is 0 Å². The number of hydrogen-bond donors (Lipinski definition) is 2. The van der Waals surface area contributed by atoms with E-state index in [-0.39, 0.29) is 5.76 Å². The van der Waals surface area contributed by atoms with Crippen molar-refractivity contribution in [1.29, 1.82) is 0 Å². The Hall–Kier alpha value is -1.36. The molecule has 0 saturated heterocycles. The minimum absolute atomic E-state index is 0.0463. The van der Waals surface area contributed by atoms with E-state index in [4.69, 9.17) is 10.2 Å². The van der Waals surface area contributed by atoms with Crippen LogP contribution < -0.4 is 0 Å². The van der Waals surface area contributed by atoms with E-state index in [0.29, 0.717) is 5.69 Å². The maximum absolute atomic E-state index is 10.2. The highest BCUT2D eigenvalue weighted by atomic mass is 16.5. The smallest absolute Gasteiger partial charge is 0.340 e. The molecule has 0 amide bonds. The lowest BCUT2D eigenvalue weighted by Crippen LogP contribution is -2.09. The highest BCUT2D eigenvalue weighted by Crippen LogP contribution is 2.12. The number of rotatable bonds is 2. The van der Waals surface area contributed by atoms with Gasteiger partial charge in [-0.15, -0.1) is 0 Å². The number of nitrogens with zero attached hydrogens (tertiary/aromatic N) is 1. The van der Waals surface area contributed by atoms with Gasteiger partial charge in [-0.1, -0.05) is 5.16 Å². The summed E-state index contributed by atoms with van der Waals surface area (Å²) >= 11 is 0. The van der Waals surface area contributed by atoms with Crippen LogP contribution in [0.1, 0.15) is 17.6 Å². The first-order valence-electron chi connectivity index (χ1n) is 2.95. The zero-order valence-corrected chi connectivity index (χ0v) is 5.81. The highest BCUT2D eigenvalue weighted by Gasteiger charge is 2.20. The van der Waals surface area contributed by atoms with E-state index in [9.17, 15) is 4.79 Å². The summed E-state index contributed by atoms with van der Waals surface area (Å²) in [5.41, 5.74) is 0.542. The molecule has 1 aromatic rings. The molecule has 2 N–H and O–H groups in total. The largest absolute Gasteiger partial charge is 0.479 e. The Morgan fingerprint density at radius 2 is 2.45 bits per heavy atom. The second kappa shape index (κ2) is 2.71. The number of carboxylic acid groups (broad SMARTS) is 1. The van der Waals surface area contributed by atoms with Crippen molar-refractivity contribution in [2.45, 2.75) is 13.0 Å². The molecule has 60 valence electrons. The molecule has 0 aromatic carbocycles. The molecule has 0 bridgehead atoms. The fraction of sp³-hybridized carbons (Fsp3) is 0.333. The monoisotopic (exact) mass is 157 g/mol. The molecule has 0 aliphatic carbocycles. The number of aliphatic carboxylic acids is 1. The summed E-state index contributed by atoms with van der Waals surface area (Å²) < 4.78 is 4.51. The summed E-state index contributed by atoms with van der Waals surface area (Å²) in [6.07, 6.45) is -1.61. The maximum atomic E-state index is 10.2. The van der Waals surface area contributed by atoms with Crippen LogP contribution >= 0.6 is 0 Å². The first-order valence-corrected chi connectivity index (χ1v) is 2.95. The van der Waals surface area contributed by atoms with E-state index in [1.807, 2.05) is 0 Å². The van der Waals surface area contributed by atoms with E-state index in [2.05, 4.69) is 9.68 Å². The summed E-state index contributed by atoms with van der Waals surface area (Å²) in [7, 11) is 0. The molecule has 0 aliphatic rings. The molecule has 5 nitrogen and oxygen atoms in total. The lowest BCUT2D eigenvalue weighted by molar-refractivity contribution is -0.148. The van der Waals surface area contributed by atoms with Crippen molar-refractivity contribution in [3.63, 3.8) is 0 Å². The van der Waals surface area contributed by atoms with E-state index in [1.54, 1.807) is 6.92 Å². The molecular formula is C6H7NO4. The van der Waals surface area contributed by atoms with Gasteiger partial charge >= 0.3 is 5.97 Å². The third kappa shape index (κ3) is 1.56. The molecule has 0 spiro atoms. The Kier molecular flexibility index (Phi) is 1.91. The number of aryl methyl sites for hydroxylation is 1. The minimum Gasteiger partial charge on any atom is -0.479 e. The zero-order chi connectivity index (χ0) is 8.43. The normalized spacial score (nSPS) is 12.9. The fourth-order valence-corrected chi connectivity index (χ4v) is 0.634. The Balaban J connectivity index is 2.84. The summed E-state index contributed by atoms with van der Waals surface area (Å²) in [6.45, 7) is 1.64. The third-order valence-corrected chi connectivity index (χ3v) is 1.15. The second-order valence-corrected chi connectivity index (χ2v) is 2.11. The number of hydrogen-bond acceptors (Lipinski definition) is 4. The van der Waals surface area contributed by atoms with Gasteiger partial charge in [0.2, 0.25) is 6.10 Å². The molecule has 1 heterocycles. The van der Waals surface area contributed by atoms with Crippen LogP contribution in [0.15, 0.2) is 10.6 Å². The molecule has 0 radical (unpaired) electrons.